The van der Waals surface area contributed by atoms with Gasteiger partial charge in [0, 0.05) is 23.2 Å². The molecule has 0 saturated carbocycles. The molecule has 0 radical (unpaired) electrons. The van der Waals surface area contributed by atoms with E-state index in [4.69, 9.17) is 0 Å². The number of aromatic nitrogens is 4. The average Bonchev–Trinajstić information content (AvgIpc) is 3.35. The largest absolute Gasteiger partial charge is 0.304 e. The number of amides is 1. The lowest BCUT2D eigenvalue weighted by molar-refractivity contribution is 0.0996. The second kappa shape index (κ2) is 5.74. The van der Waals surface area contributed by atoms with Crippen molar-refractivity contribution in [3.8, 4) is 10.6 Å². The number of carbonyl (C=O) groups excluding carboxylic acids is 1. The van der Waals surface area contributed by atoms with E-state index in [1.807, 2.05) is 60.4 Å². The highest BCUT2D eigenvalue weighted by Crippen LogP contribution is 2.32. The van der Waals surface area contributed by atoms with Crippen LogP contribution in [0.15, 0.2) is 48.5 Å². The molecule has 1 amide bonds. The van der Waals surface area contributed by atoms with Gasteiger partial charge in [0.05, 0.1) is 6.54 Å². The molecular weight excluding hydrogens is 346 g/mol. The van der Waals surface area contributed by atoms with E-state index in [1.165, 1.54) is 11.3 Å². The van der Waals surface area contributed by atoms with Gasteiger partial charge in [0.15, 0.2) is 5.82 Å². The Kier molecular flexibility index (Phi) is 3.36. The Morgan fingerprint density at radius 2 is 2.00 bits per heavy atom. The zero-order chi connectivity index (χ0) is 17.7. The van der Waals surface area contributed by atoms with Crippen molar-refractivity contribution in [2.75, 3.05) is 4.90 Å². The summed E-state index contributed by atoms with van der Waals surface area (Å²) in [6, 6.07) is 15.7. The van der Waals surface area contributed by atoms with Gasteiger partial charge in [-0.1, -0.05) is 48.6 Å². The van der Waals surface area contributed by atoms with Crippen LogP contribution in [0.25, 0.3) is 15.5 Å². The molecule has 0 unspecified atom stereocenters. The van der Waals surface area contributed by atoms with Gasteiger partial charge in [0.1, 0.15) is 5.01 Å². The van der Waals surface area contributed by atoms with Gasteiger partial charge in [-0.05, 0) is 23.8 Å². The van der Waals surface area contributed by atoms with E-state index in [1.54, 1.807) is 4.52 Å². The van der Waals surface area contributed by atoms with Crippen LogP contribution in [0.3, 0.4) is 0 Å². The maximum absolute atomic E-state index is 12.7. The maximum atomic E-state index is 12.7. The fourth-order valence-corrected chi connectivity index (χ4v) is 4.12. The van der Waals surface area contributed by atoms with Crippen molar-refractivity contribution in [2.45, 2.75) is 19.9 Å². The molecule has 128 valence electrons. The second-order valence-electron chi connectivity index (χ2n) is 6.17. The van der Waals surface area contributed by atoms with Gasteiger partial charge < -0.3 is 4.90 Å². The highest BCUT2D eigenvalue weighted by Gasteiger charge is 2.28. The minimum atomic E-state index is 0.0455. The van der Waals surface area contributed by atoms with Crippen LogP contribution in [0.1, 0.15) is 28.7 Å². The first-order chi connectivity index (χ1) is 12.7. The van der Waals surface area contributed by atoms with Crippen molar-refractivity contribution in [1.29, 1.82) is 0 Å². The summed E-state index contributed by atoms with van der Waals surface area (Å²) < 4.78 is 1.80. The Bertz CT molecular complexity index is 1150. The molecule has 4 aromatic rings. The third-order valence-electron chi connectivity index (χ3n) is 4.60. The Hall–Kier alpha value is -3.06. The summed E-state index contributed by atoms with van der Waals surface area (Å²) >= 11 is 1.50. The summed E-state index contributed by atoms with van der Waals surface area (Å²) in [5.41, 5.74) is 3.70. The van der Waals surface area contributed by atoms with E-state index in [0.717, 1.165) is 44.6 Å². The summed E-state index contributed by atoms with van der Waals surface area (Å²) in [4.78, 5) is 15.3. The fourth-order valence-electron chi connectivity index (χ4n) is 3.26. The lowest BCUT2D eigenvalue weighted by Gasteiger charge is -2.16. The highest BCUT2D eigenvalue weighted by molar-refractivity contribution is 7.19. The van der Waals surface area contributed by atoms with Crippen molar-refractivity contribution in [3.05, 3.63) is 65.5 Å². The number of benzene rings is 2. The molecule has 5 rings (SSSR count). The van der Waals surface area contributed by atoms with E-state index in [-0.39, 0.29) is 5.91 Å². The number of rotatable bonds is 3. The first kappa shape index (κ1) is 15.2. The number of anilines is 1. The van der Waals surface area contributed by atoms with Crippen LogP contribution >= 0.6 is 11.3 Å². The van der Waals surface area contributed by atoms with Crippen LogP contribution in [-0.2, 0) is 13.0 Å². The molecule has 0 fully saturated rings. The lowest BCUT2D eigenvalue weighted by atomic mass is 10.1. The molecule has 0 aliphatic carbocycles. The Balaban J connectivity index is 1.53. The van der Waals surface area contributed by atoms with E-state index in [0.29, 0.717) is 6.54 Å². The first-order valence-electron chi connectivity index (χ1n) is 8.46. The highest BCUT2D eigenvalue weighted by atomic mass is 32.1. The van der Waals surface area contributed by atoms with Crippen molar-refractivity contribution in [3.63, 3.8) is 0 Å². The van der Waals surface area contributed by atoms with Gasteiger partial charge in [-0.15, -0.1) is 10.2 Å². The van der Waals surface area contributed by atoms with Crippen LogP contribution in [-0.4, -0.2) is 25.7 Å². The van der Waals surface area contributed by atoms with Crippen molar-refractivity contribution < 1.29 is 4.79 Å². The van der Waals surface area contributed by atoms with Gasteiger partial charge >= 0.3 is 0 Å². The van der Waals surface area contributed by atoms with Crippen molar-refractivity contribution in [2.24, 2.45) is 0 Å². The predicted octanol–water partition coefficient (Wildman–Crippen LogP) is 3.58. The zero-order valence-corrected chi connectivity index (χ0v) is 14.9. The number of nitrogens with zero attached hydrogens (tertiary/aromatic N) is 5. The molecule has 3 heterocycles. The van der Waals surface area contributed by atoms with Crippen molar-refractivity contribution >= 4 is 27.9 Å². The number of fused-ring (bicyclic) bond motifs is 2. The molecule has 0 spiro atoms. The number of hydrogen-bond donors (Lipinski definition) is 0. The van der Waals surface area contributed by atoms with Crippen LogP contribution in [0.2, 0.25) is 0 Å². The van der Waals surface area contributed by atoms with Gasteiger partial charge in [-0.3, -0.25) is 4.79 Å². The molecule has 7 heteroatoms. The van der Waals surface area contributed by atoms with Gasteiger partial charge in [0.25, 0.3) is 5.91 Å². The standard InChI is InChI=1S/C19H15N5OS/c1-2-16-20-21-19-24(16)22-17(26-19)12-7-5-8-14(10-12)23-11-13-6-3-4-9-15(13)18(23)25/h3-10H,2,11H2,1H3. The number of carbonyl (C=O) groups is 1. The number of aryl methyl sites for hydroxylation is 1. The van der Waals surface area contributed by atoms with E-state index in [2.05, 4.69) is 15.3 Å². The smallest absolute Gasteiger partial charge is 0.258 e. The molecule has 2 aromatic carbocycles. The summed E-state index contributed by atoms with van der Waals surface area (Å²) in [7, 11) is 0. The lowest BCUT2D eigenvalue weighted by Crippen LogP contribution is -2.22. The van der Waals surface area contributed by atoms with E-state index < -0.39 is 0 Å². The monoisotopic (exact) mass is 361 g/mol. The molecule has 0 bridgehead atoms. The average molecular weight is 361 g/mol. The van der Waals surface area contributed by atoms with E-state index in [9.17, 15) is 4.79 Å². The zero-order valence-electron chi connectivity index (χ0n) is 14.1. The molecule has 1 aliphatic heterocycles. The Morgan fingerprint density at radius 1 is 1.12 bits per heavy atom. The SMILES string of the molecule is CCc1nnc2sc(-c3cccc(N4Cc5ccccc5C4=O)c3)nn12. The maximum Gasteiger partial charge on any atom is 0.258 e. The van der Waals surface area contributed by atoms with Crippen LogP contribution in [0, 0.1) is 0 Å². The van der Waals surface area contributed by atoms with Gasteiger partial charge in [-0.25, -0.2) is 0 Å². The molecule has 2 aromatic heterocycles. The van der Waals surface area contributed by atoms with E-state index >= 15 is 0 Å². The molecular formula is C19H15N5OS. The fraction of sp³-hybridized carbons (Fsp3) is 0.158. The van der Waals surface area contributed by atoms with Crippen LogP contribution in [0.5, 0.6) is 0 Å². The third-order valence-corrected chi connectivity index (χ3v) is 5.55. The van der Waals surface area contributed by atoms with Gasteiger partial charge in [0.2, 0.25) is 4.96 Å². The quantitative estimate of drug-likeness (QED) is 0.560. The minimum Gasteiger partial charge on any atom is -0.304 e. The minimum absolute atomic E-state index is 0.0455. The molecule has 0 atom stereocenters. The van der Waals surface area contributed by atoms with Crippen LogP contribution in [0.4, 0.5) is 5.69 Å². The summed E-state index contributed by atoms with van der Waals surface area (Å²) in [5, 5.41) is 13.8. The summed E-state index contributed by atoms with van der Waals surface area (Å²) in [6.07, 6.45) is 0.783. The van der Waals surface area contributed by atoms with Crippen LogP contribution < -0.4 is 4.90 Å². The Morgan fingerprint density at radius 3 is 2.85 bits per heavy atom. The topological polar surface area (TPSA) is 63.4 Å². The first-order valence-corrected chi connectivity index (χ1v) is 9.27. The second-order valence-corrected chi connectivity index (χ2v) is 7.13. The molecule has 1 aliphatic rings. The summed E-state index contributed by atoms with van der Waals surface area (Å²) in [6.45, 7) is 2.64. The molecule has 0 saturated heterocycles. The van der Waals surface area contributed by atoms with Gasteiger partial charge in [-0.2, -0.15) is 9.61 Å². The predicted molar refractivity (Wildman–Crippen MR) is 100 cm³/mol. The number of hydrogen-bond acceptors (Lipinski definition) is 5. The molecule has 0 N–H and O–H groups in total. The molecule has 26 heavy (non-hydrogen) atoms. The molecule has 6 nitrogen and oxygen atoms in total. The summed E-state index contributed by atoms with van der Waals surface area (Å²) in [5.74, 6) is 0.896. The third kappa shape index (κ3) is 2.24. The van der Waals surface area contributed by atoms with Crippen molar-refractivity contribution in [1.82, 2.24) is 19.8 Å². The normalized spacial score (nSPS) is 13.6. The Labute approximate surface area is 153 Å².